The van der Waals surface area contributed by atoms with Crippen LogP contribution in [0.5, 0.6) is 0 Å². The minimum absolute atomic E-state index is 0.0618. The predicted molar refractivity (Wildman–Crippen MR) is 81.2 cm³/mol. The maximum absolute atomic E-state index is 12.3. The summed E-state index contributed by atoms with van der Waals surface area (Å²) in [6.07, 6.45) is 6.23. The molecule has 1 aromatic carbocycles. The summed E-state index contributed by atoms with van der Waals surface area (Å²) in [5.41, 5.74) is -3.17. The molecule has 1 fully saturated rings. The van der Waals surface area contributed by atoms with Crippen molar-refractivity contribution in [1.29, 1.82) is 0 Å². The summed E-state index contributed by atoms with van der Waals surface area (Å²) in [6.45, 7) is 3.04. The Bertz CT molecular complexity index is 430. The molecular weight excluding hydrogens is 295 g/mol. The van der Waals surface area contributed by atoms with Crippen LogP contribution in [0.1, 0.15) is 44.6 Å². The zero-order chi connectivity index (χ0) is 15.3. The highest BCUT2D eigenvalue weighted by molar-refractivity contribution is 8.00. The molecule has 0 heterocycles. The Kier molecular flexibility index (Phi) is 5.99. The van der Waals surface area contributed by atoms with Crippen LogP contribution < -0.4 is 5.32 Å². The summed E-state index contributed by atoms with van der Waals surface area (Å²) in [7, 11) is 0. The highest BCUT2D eigenvalue weighted by atomic mass is 32.2. The molecule has 118 valence electrons. The normalized spacial score (nSPS) is 23.8. The van der Waals surface area contributed by atoms with Gasteiger partial charge >= 0.3 is 5.51 Å². The highest BCUT2D eigenvalue weighted by Gasteiger charge is 2.29. The largest absolute Gasteiger partial charge is 0.446 e. The van der Waals surface area contributed by atoms with Gasteiger partial charge in [0.2, 0.25) is 0 Å². The molecule has 2 atom stereocenters. The third-order valence-electron chi connectivity index (χ3n) is 4.01. The van der Waals surface area contributed by atoms with E-state index in [1.165, 1.54) is 32.1 Å². The molecule has 0 aliphatic heterocycles. The molecule has 5 heteroatoms. The van der Waals surface area contributed by atoms with Crippen LogP contribution in [0.2, 0.25) is 0 Å². The molecule has 1 nitrogen and oxygen atoms in total. The van der Waals surface area contributed by atoms with Gasteiger partial charge in [-0.2, -0.15) is 13.2 Å². The fourth-order valence-corrected chi connectivity index (χ4v) is 3.30. The van der Waals surface area contributed by atoms with Crippen molar-refractivity contribution in [2.45, 2.75) is 62.0 Å². The van der Waals surface area contributed by atoms with Crippen LogP contribution in [0, 0.1) is 5.92 Å². The van der Waals surface area contributed by atoms with E-state index >= 15 is 0 Å². The lowest BCUT2D eigenvalue weighted by Gasteiger charge is -2.16. The van der Waals surface area contributed by atoms with Crippen molar-refractivity contribution < 1.29 is 13.2 Å². The molecule has 2 unspecified atom stereocenters. The third kappa shape index (κ3) is 6.30. The zero-order valence-corrected chi connectivity index (χ0v) is 13.1. The van der Waals surface area contributed by atoms with Gasteiger partial charge in [0.25, 0.3) is 0 Å². The number of rotatable bonds is 4. The average molecular weight is 317 g/mol. The van der Waals surface area contributed by atoms with Crippen LogP contribution in [0.15, 0.2) is 29.2 Å². The molecule has 1 N–H and O–H groups in total. The Labute approximate surface area is 128 Å². The number of hydrogen-bond donors (Lipinski definition) is 1. The van der Waals surface area contributed by atoms with E-state index in [4.69, 9.17) is 0 Å². The monoisotopic (exact) mass is 317 g/mol. The number of thioether (sulfide) groups is 1. The lowest BCUT2D eigenvalue weighted by Crippen LogP contribution is -2.27. The van der Waals surface area contributed by atoms with Gasteiger partial charge in [-0.05, 0) is 54.6 Å². The molecule has 0 bridgehead atoms. The third-order valence-corrected chi connectivity index (χ3v) is 4.75. The van der Waals surface area contributed by atoms with Gasteiger partial charge in [0.05, 0.1) is 0 Å². The number of nitrogens with one attached hydrogen (secondary N) is 1. The average Bonchev–Trinajstić information content (AvgIpc) is 2.61. The van der Waals surface area contributed by atoms with E-state index in [0.29, 0.717) is 6.04 Å². The fourth-order valence-electron chi connectivity index (χ4n) is 2.76. The Hall–Kier alpha value is -0.680. The van der Waals surface area contributed by atoms with E-state index in [2.05, 4.69) is 12.2 Å². The number of alkyl halides is 3. The van der Waals surface area contributed by atoms with Gasteiger partial charge < -0.3 is 5.32 Å². The first-order chi connectivity index (χ1) is 9.92. The lowest BCUT2D eigenvalue weighted by molar-refractivity contribution is -0.0328. The summed E-state index contributed by atoms with van der Waals surface area (Å²) in [5.74, 6) is 0.815. The molecule has 1 aliphatic carbocycles. The second-order valence-electron chi connectivity index (χ2n) is 5.88. The molecule has 0 spiro atoms. The zero-order valence-electron chi connectivity index (χ0n) is 12.2. The minimum atomic E-state index is -4.21. The van der Waals surface area contributed by atoms with E-state index in [-0.39, 0.29) is 16.7 Å². The van der Waals surface area contributed by atoms with Crippen molar-refractivity contribution in [1.82, 2.24) is 5.32 Å². The van der Waals surface area contributed by atoms with Crippen LogP contribution in [0.4, 0.5) is 13.2 Å². The van der Waals surface area contributed by atoms with E-state index in [1.807, 2.05) is 0 Å². The Morgan fingerprint density at radius 3 is 2.48 bits per heavy atom. The second kappa shape index (κ2) is 7.54. The summed E-state index contributed by atoms with van der Waals surface area (Å²) in [6, 6.07) is 7.19. The number of benzene rings is 1. The van der Waals surface area contributed by atoms with Crippen molar-refractivity contribution in [2.75, 3.05) is 0 Å². The van der Waals surface area contributed by atoms with Crippen LogP contribution in [-0.2, 0) is 6.54 Å². The van der Waals surface area contributed by atoms with E-state index in [9.17, 15) is 13.2 Å². The number of halogens is 3. The molecule has 1 saturated carbocycles. The van der Waals surface area contributed by atoms with Gasteiger partial charge in [0.15, 0.2) is 0 Å². The van der Waals surface area contributed by atoms with Gasteiger partial charge in [-0.15, -0.1) is 0 Å². The second-order valence-corrected chi connectivity index (χ2v) is 7.02. The number of hydrogen-bond acceptors (Lipinski definition) is 2. The van der Waals surface area contributed by atoms with Crippen molar-refractivity contribution in [3.63, 3.8) is 0 Å². The topological polar surface area (TPSA) is 12.0 Å². The molecule has 1 aliphatic rings. The molecule has 21 heavy (non-hydrogen) atoms. The van der Waals surface area contributed by atoms with E-state index < -0.39 is 5.51 Å². The van der Waals surface area contributed by atoms with Crippen LogP contribution in [0.3, 0.4) is 0 Å². The summed E-state index contributed by atoms with van der Waals surface area (Å²) < 4.78 is 36.8. The van der Waals surface area contributed by atoms with Crippen LogP contribution in [-0.4, -0.2) is 11.6 Å². The molecular formula is C16H22F3NS. The smallest absolute Gasteiger partial charge is 0.310 e. The molecule has 0 radical (unpaired) electrons. The first kappa shape index (κ1) is 16.7. The van der Waals surface area contributed by atoms with Gasteiger partial charge in [-0.25, -0.2) is 0 Å². The lowest BCUT2D eigenvalue weighted by atomic mass is 10.0. The molecule has 0 amide bonds. The Morgan fingerprint density at radius 1 is 1.10 bits per heavy atom. The molecule has 2 rings (SSSR count). The van der Waals surface area contributed by atoms with Crippen molar-refractivity contribution in [3.8, 4) is 0 Å². The standard InChI is InChI=1S/C16H22F3NS/c1-12-3-2-4-14(8-5-12)20-11-13-6-9-15(10-7-13)21-16(17,18)19/h6-7,9-10,12,14,20H,2-5,8,11H2,1H3. The maximum Gasteiger partial charge on any atom is 0.446 e. The molecule has 0 saturated heterocycles. The van der Waals surface area contributed by atoms with Crippen LogP contribution >= 0.6 is 11.8 Å². The van der Waals surface area contributed by atoms with E-state index in [1.54, 1.807) is 24.3 Å². The van der Waals surface area contributed by atoms with Gasteiger partial charge in [-0.3, -0.25) is 0 Å². The van der Waals surface area contributed by atoms with Crippen LogP contribution in [0.25, 0.3) is 0 Å². The quantitative estimate of drug-likeness (QED) is 0.593. The van der Waals surface area contributed by atoms with Gasteiger partial charge in [0, 0.05) is 17.5 Å². The predicted octanol–water partition coefficient (Wildman–Crippen LogP) is 5.36. The fraction of sp³-hybridized carbons (Fsp3) is 0.625. The van der Waals surface area contributed by atoms with Crippen molar-refractivity contribution >= 4 is 11.8 Å². The minimum Gasteiger partial charge on any atom is -0.310 e. The SMILES string of the molecule is CC1CCCC(NCc2ccc(SC(F)(F)F)cc2)CC1. The van der Waals surface area contributed by atoms with Gasteiger partial charge in [0.1, 0.15) is 0 Å². The van der Waals surface area contributed by atoms with Crippen molar-refractivity contribution in [3.05, 3.63) is 29.8 Å². The highest BCUT2D eigenvalue weighted by Crippen LogP contribution is 2.36. The van der Waals surface area contributed by atoms with E-state index in [0.717, 1.165) is 18.0 Å². The molecule has 0 aromatic heterocycles. The summed E-state index contributed by atoms with van der Waals surface area (Å²) in [4.78, 5) is 0.245. The summed E-state index contributed by atoms with van der Waals surface area (Å²) in [5, 5.41) is 3.54. The Balaban J connectivity index is 1.80. The van der Waals surface area contributed by atoms with Crippen molar-refractivity contribution in [2.24, 2.45) is 5.92 Å². The first-order valence-corrected chi connectivity index (χ1v) is 8.32. The first-order valence-electron chi connectivity index (χ1n) is 7.50. The maximum atomic E-state index is 12.3. The Morgan fingerprint density at radius 2 is 1.81 bits per heavy atom. The molecule has 1 aromatic rings. The summed E-state index contributed by atoms with van der Waals surface area (Å²) >= 11 is -0.0618. The van der Waals surface area contributed by atoms with Gasteiger partial charge in [-0.1, -0.05) is 31.9 Å².